The second-order valence-electron chi connectivity index (χ2n) is 5.22. The summed E-state index contributed by atoms with van der Waals surface area (Å²) in [5.41, 5.74) is 3.47. The van der Waals surface area contributed by atoms with Crippen LogP contribution in [0.3, 0.4) is 0 Å². The first kappa shape index (κ1) is 12.8. The van der Waals surface area contributed by atoms with Gasteiger partial charge in [-0.25, -0.2) is 4.79 Å². The number of carboxylic acids is 1. The van der Waals surface area contributed by atoms with E-state index < -0.39 is 5.97 Å². The zero-order valence-corrected chi connectivity index (χ0v) is 11.3. The highest BCUT2D eigenvalue weighted by atomic mass is 16.4. The summed E-state index contributed by atoms with van der Waals surface area (Å²) in [6, 6.07) is 7.44. The number of anilines is 1. The Balaban J connectivity index is 1.84. The maximum Gasteiger partial charge on any atom is 0.335 e. The third-order valence-electron chi connectivity index (χ3n) is 3.86. The zero-order chi connectivity index (χ0) is 14.1. The first-order valence-corrected chi connectivity index (χ1v) is 6.82. The van der Waals surface area contributed by atoms with Gasteiger partial charge in [0.2, 0.25) is 0 Å². The summed E-state index contributed by atoms with van der Waals surface area (Å²) in [6.45, 7) is 1.92. The van der Waals surface area contributed by atoms with E-state index in [0.717, 1.165) is 36.3 Å². The van der Waals surface area contributed by atoms with E-state index in [4.69, 9.17) is 9.52 Å². The van der Waals surface area contributed by atoms with Gasteiger partial charge in [0, 0.05) is 17.7 Å². The fourth-order valence-corrected chi connectivity index (χ4v) is 2.78. The number of carboxylic acid groups (broad SMARTS) is 1. The smallest absolute Gasteiger partial charge is 0.335 e. The molecule has 0 radical (unpaired) electrons. The monoisotopic (exact) mass is 271 g/mol. The second kappa shape index (κ2) is 5.04. The Bertz CT molecular complexity index is 645. The lowest BCUT2D eigenvalue weighted by Gasteiger charge is -2.24. The van der Waals surface area contributed by atoms with Crippen molar-refractivity contribution in [1.29, 1.82) is 0 Å². The molecule has 0 saturated heterocycles. The van der Waals surface area contributed by atoms with Crippen LogP contribution in [-0.2, 0) is 6.42 Å². The highest BCUT2D eigenvalue weighted by Gasteiger charge is 2.22. The molecule has 1 heterocycles. The van der Waals surface area contributed by atoms with E-state index in [1.165, 1.54) is 5.56 Å². The van der Waals surface area contributed by atoms with Crippen LogP contribution in [0.1, 0.15) is 46.1 Å². The van der Waals surface area contributed by atoms with Crippen molar-refractivity contribution >= 4 is 11.7 Å². The Labute approximate surface area is 117 Å². The number of hydrogen-bond acceptors (Lipinski definition) is 3. The van der Waals surface area contributed by atoms with Crippen molar-refractivity contribution in [3.05, 3.63) is 53.0 Å². The van der Waals surface area contributed by atoms with Crippen molar-refractivity contribution in [1.82, 2.24) is 0 Å². The fraction of sp³-hybridized carbons (Fsp3) is 0.312. The molecule has 3 rings (SSSR count). The summed E-state index contributed by atoms with van der Waals surface area (Å²) in [5, 5.41) is 12.5. The maximum absolute atomic E-state index is 11.0. The van der Waals surface area contributed by atoms with Crippen LogP contribution in [0.4, 0.5) is 5.69 Å². The minimum atomic E-state index is -0.894. The molecule has 20 heavy (non-hydrogen) atoms. The lowest BCUT2D eigenvalue weighted by Crippen LogP contribution is -2.16. The van der Waals surface area contributed by atoms with E-state index in [1.807, 2.05) is 19.1 Å². The van der Waals surface area contributed by atoms with Gasteiger partial charge < -0.3 is 14.8 Å². The summed E-state index contributed by atoms with van der Waals surface area (Å²) in [4.78, 5) is 11.0. The Hall–Kier alpha value is -2.23. The van der Waals surface area contributed by atoms with E-state index in [-0.39, 0.29) is 6.04 Å². The number of carbonyl (C=O) groups is 1. The SMILES string of the molecule is Cc1cc(C(=O)O)ccc1NC1CCCc2occc21. The molecule has 0 fully saturated rings. The number of fused-ring (bicyclic) bond motifs is 1. The Morgan fingerprint density at radius 1 is 1.40 bits per heavy atom. The van der Waals surface area contributed by atoms with Gasteiger partial charge in [0.1, 0.15) is 5.76 Å². The zero-order valence-electron chi connectivity index (χ0n) is 11.3. The predicted molar refractivity (Wildman–Crippen MR) is 76.1 cm³/mol. The molecular weight excluding hydrogens is 254 g/mol. The third-order valence-corrected chi connectivity index (χ3v) is 3.86. The first-order chi connectivity index (χ1) is 9.65. The van der Waals surface area contributed by atoms with Crippen LogP contribution in [0.25, 0.3) is 0 Å². The van der Waals surface area contributed by atoms with Crippen molar-refractivity contribution in [2.24, 2.45) is 0 Å². The van der Waals surface area contributed by atoms with E-state index in [2.05, 4.69) is 5.32 Å². The molecule has 0 amide bonds. The molecule has 1 atom stereocenters. The van der Waals surface area contributed by atoms with Crippen LogP contribution in [0.2, 0.25) is 0 Å². The third kappa shape index (κ3) is 2.29. The number of nitrogens with one attached hydrogen (secondary N) is 1. The minimum Gasteiger partial charge on any atom is -0.478 e. The number of rotatable bonds is 3. The van der Waals surface area contributed by atoms with Crippen molar-refractivity contribution in [3.63, 3.8) is 0 Å². The summed E-state index contributed by atoms with van der Waals surface area (Å²) in [6.07, 6.45) is 4.90. The molecule has 4 heteroatoms. The van der Waals surface area contributed by atoms with Gasteiger partial charge in [-0.1, -0.05) is 0 Å². The Kier molecular flexibility index (Phi) is 3.22. The van der Waals surface area contributed by atoms with Crippen molar-refractivity contribution in [3.8, 4) is 0 Å². The molecule has 0 spiro atoms. The lowest BCUT2D eigenvalue weighted by molar-refractivity contribution is 0.0697. The average Bonchev–Trinajstić information content (AvgIpc) is 2.90. The van der Waals surface area contributed by atoms with E-state index >= 15 is 0 Å². The normalized spacial score (nSPS) is 17.6. The predicted octanol–water partition coefficient (Wildman–Crippen LogP) is 3.78. The molecule has 4 nitrogen and oxygen atoms in total. The number of aromatic carboxylic acids is 1. The van der Waals surface area contributed by atoms with Gasteiger partial charge in [0.05, 0.1) is 17.9 Å². The standard InChI is InChI=1S/C16H17NO3/c1-10-9-11(16(18)19)5-6-13(10)17-14-3-2-4-15-12(14)7-8-20-15/h5-9,14,17H,2-4H2,1H3,(H,18,19). The lowest BCUT2D eigenvalue weighted by atomic mass is 9.93. The summed E-state index contributed by atoms with van der Waals surface area (Å²) >= 11 is 0. The summed E-state index contributed by atoms with van der Waals surface area (Å²) < 4.78 is 5.49. The van der Waals surface area contributed by atoms with Gasteiger partial charge in [0.15, 0.2) is 0 Å². The average molecular weight is 271 g/mol. The van der Waals surface area contributed by atoms with Crippen molar-refractivity contribution in [2.75, 3.05) is 5.32 Å². The largest absolute Gasteiger partial charge is 0.478 e. The minimum absolute atomic E-state index is 0.242. The van der Waals surface area contributed by atoms with Crippen LogP contribution in [0.5, 0.6) is 0 Å². The van der Waals surface area contributed by atoms with Gasteiger partial charge >= 0.3 is 5.97 Å². The second-order valence-corrected chi connectivity index (χ2v) is 5.22. The fourth-order valence-electron chi connectivity index (χ4n) is 2.78. The molecule has 2 aromatic rings. The molecule has 1 aromatic heterocycles. The highest BCUT2D eigenvalue weighted by molar-refractivity contribution is 5.88. The quantitative estimate of drug-likeness (QED) is 0.891. The van der Waals surface area contributed by atoms with Crippen molar-refractivity contribution < 1.29 is 14.3 Å². The molecule has 104 valence electrons. The van der Waals surface area contributed by atoms with Crippen LogP contribution in [0.15, 0.2) is 34.9 Å². The Morgan fingerprint density at radius 3 is 3.00 bits per heavy atom. The van der Waals surface area contributed by atoms with Crippen molar-refractivity contribution in [2.45, 2.75) is 32.2 Å². The molecule has 1 aliphatic carbocycles. The van der Waals surface area contributed by atoms with Gasteiger partial charge in [0.25, 0.3) is 0 Å². The number of hydrogen-bond donors (Lipinski definition) is 2. The molecule has 0 saturated carbocycles. The molecule has 1 unspecified atom stereocenters. The molecule has 2 N–H and O–H groups in total. The van der Waals surface area contributed by atoms with Crippen LogP contribution >= 0.6 is 0 Å². The van der Waals surface area contributed by atoms with Gasteiger partial charge in [-0.05, 0) is 49.6 Å². The Morgan fingerprint density at radius 2 is 2.25 bits per heavy atom. The first-order valence-electron chi connectivity index (χ1n) is 6.82. The maximum atomic E-state index is 11.0. The van der Waals surface area contributed by atoms with E-state index in [1.54, 1.807) is 18.4 Å². The molecule has 0 bridgehead atoms. The van der Waals surface area contributed by atoms with E-state index in [9.17, 15) is 4.79 Å². The van der Waals surface area contributed by atoms with Crippen LogP contribution < -0.4 is 5.32 Å². The highest BCUT2D eigenvalue weighted by Crippen LogP contribution is 2.34. The molecule has 1 aromatic carbocycles. The van der Waals surface area contributed by atoms with Gasteiger partial charge in [-0.2, -0.15) is 0 Å². The number of aryl methyl sites for hydroxylation is 2. The van der Waals surface area contributed by atoms with Crippen LogP contribution in [0, 0.1) is 6.92 Å². The van der Waals surface area contributed by atoms with Gasteiger partial charge in [-0.15, -0.1) is 0 Å². The summed E-state index contributed by atoms with van der Waals surface area (Å²) in [7, 11) is 0. The number of benzene rings is 1. The molecule has 0 aliphatic heterocycles. The summed E-state index contributed by atoms with van der Waals surface area (Å²) in [5.74, 6) is 0.169. The van der Waals surface area contributed by atoms with E-state index in [0.29, 0.717) is 5.56 Å². The molecule has 1 aliphatic rings. The topological polar surface area (TPSA) is 62.5 Å². The van der Waals surface area contributed by atoms with Gasteiger partial charge in [-0.3, -0.25) is 0 Å². The molecular formula is C16H17NO3. The number of furan rings is 1. The van der Waals surface area contributed by atoms with Crippen LogP contribution in [-0.4, -0.2) is 11.1 Å².